The molecule has 0 spiro atoms. The first-order chi connectivity index (χ1) is 9.78. The van der Waals surface area contributed by atoms with Crippen LogP contribution >= 0.6 is 0 Å². The predicted molar refractivity (Wildman–Crippen MR) is 80.8 cm³/mol. The Morgan fingerprint density at radius 1 is 1.15 bits per heavy atom. The minimum Gasteiger partial charge on any atom is -0.370 e. The maximum absolute atomic E-state index is 4.76. The predicted octanol–water partition coefficient (Wildman–Crippen LogP) is 3.16. The minimum absolute atomic E-state index is 0.786. The number of nitrogens with one attached hydrogen (secondary N) is 1. The maximum atomic E-state index is 4.76. The molecule has 4 nitrogen and oxygen atoms in total. The second-order valence-corrected chi connectivity index (χ2v) is 5.25. The molecule has 20 heavy (non-hydrogen) atoms. The molecule has 0 bridgehead atoms. The highest BCUT2D eigenvalue weighted by molar-refractivity contribution is 5.59. The van der Waals surface area contributed by atoms with E-state index in [4.69, 9.17) is 9.97 Å². The zero-order valence-electron chi connectivity index (χ0n) is 12.1. The summed E-state index contributed by atoms with van der Waals surface area (Å²) in [4.78, 5) is 13.8. The minimum atomic E-state index is 0.786. The quantitative estimate of drug-likeness (QED) is 0.929. The second-order valence-electron chi connectivity index (χ2n) is 5.25. The Balaban J connectivity index is 2.07. The van der Waals surface area contributed by atoms with Crippen molar-refractivity contribution in [2.24, 2.45) is 0 Å². The first kappa shape index (κ1) is 13.0. The fraction of sp³-hybridized carbons (Fsp3) is 0.438. The van der Waals surface area contributed by atoms with Crippen molar-refractivity contribution in [3.05, 3.63) is 35.3 Å². The van der Waals surface area contributed by atoms with Crippen molar-refractivity contribution >= 4 is 5.82 Å². The molecule has 4 heteroatoms. The summed E-state index contributed by atoms with van der Waals surface area (Å²) >= 11 is 0. The summed E-state index contributed by atoms with van der Waals surface area (Å²) in [7, 11) is 0. The first-order valence-corrected chi connectivity index (χ1v) is 7.34. The van der Waals surface area contributed by atoms with E-state index < -0.39 is 0 Å². The SMILES string of the molecule is CCNc1nc(-c2ccc(C)nc2)nc2c1CCCC2. The number of nitrogens with zero attached hydrogens (tertiary/aromatic N) is 3. The van der Waals surface area contributed by atoms with Gasteiger partial charge in [0.05, 0.1) is 0 Å². The van der Waals surface area contributed by atoms with E-state index in [9.17, 15) is 0 Å². The van der Waals surface area contributed by atoms with E-state index in [0.29, 0.717) is 0 Å². The van der Waals surface area contributed by atoms with Gasteiger partial charge in [-0.15, -0.1) is 0 Å². The molecule has 1 aliphatic rings. The Bertz CT molecular complexity index is 605. The van der Waals surface area contributed by atoms with Crippen molar-refractivity contribution in [1.82, 2.24) is 15.0 Å². The highest BCUT2D eigenvalue weighted by Gasteiger charge is 2.18. The first-order valence-electron chi connectivity index (χ1n) is 7.34. The molecule has 0 saturated heterocycles. The van der Waals surface area contributed by atoms with Gasteiger partial charge in [0.1, 0.15) is 5.82 Å². The number of aryl methyl sites for hydroxylation is 2. The second kappa shape index (κ2) is 5.57. The number of hydrogen-bond acceptors (Lipinski definition) is 4. The van der Waals surface area contributed by atoms with Crippen LogP contribution < -0.4 is 5.32 Å². The Morgan fingerprint density at radius 3 is 2.75 bits per heavy atom. The number of pyridine rings is 1. The van der Waals surface area contributed by atoms with Crippen LogP contribution in [0.15, 0.2) is 18.3 Å². The van der Waals surface area contributed by atoms with E-state index in [1.165, 1.54) is 24.1 Å². The van der Waals surface area contributed by atoms with Gasteiger partial charge in [-0.2, -0.15) is 0 Å². The summed E-state index contributed by atoms with van der Waals surface area (Å²) in [6, 6.07) is 4.05. The van der Waals surface area contributed by atoms with Crippen molar-refractivity contribution in [1.29, 1.82) is 0 Å². The van der Waals surface area contributed by atoms with Crippen LogP contribution in [-0.4, -0.2) is 21.5 Å². The number of hydrogen-bond donors (Lipinski definition) is 1. The molecule has 3 rings (SSSR count). The molecule has 0 amide bonds. The van der Waals surface area contributed by atoms with Gasteiger partial charge in [0.15, 0.2) is 5.82 Å². The number of fused-ring (bicyclic) bond motifs is 1. The summed E-state index contributed by atoms with van der Waals surface area (Å²) in [5.74, 6) is 1.79. The lowest BCUT2D eigenvalue weighted by atomic mass is 9.96. The number of rotatable bonds is 3. The molecule has 0 saturated carbocycles. The average molecular weight is 268 g/mol. The third kappa shape index (κ3) is 2.50. The van der Waals surface area contributed by atoms with Gasteiger partial charge >= 0.3 is 0 Å². The van der Waals surface area contributed by atoms with Gasteiger partial charge in [0.2, 0.25) is 0 Å². The molecule has 0 fully saturated rings. The van der Waals surface area contributed by atoms with Crippen LogP contribution in [0.5, 0.6) is 0 Å². The van der Waals surface area contributed by atoms with E-state index in [-0.39, 0.29) is 0 Å². The van der Waals surface area contributed by atoms with Crippen LogP contribution in [0.2, 0.25) is 0 Å². The van der Waals surface area contributed by atoms with Crippen molar-refractivity contribution in [3.8, 4) is 11.4 Å². The van der Waals surface area contributed by atoms with E-state index in [1.54, 1.807) is 0 Å². The molecule has 2 aromatic heterocycles. The monoisotopic (exact) mass is 268 g/mol. The fourth-order valence-corrected chi connectivity index (χ4v) is 2.64. The highest BCUT2D eigenvalue weighted by atomic mass is 15.0. The fourth-order valence-electron chi connectivity index (χ4n) is 2.64. The van der Waals surface area contributed by atoms with Crippen molar-refractivity contribution < 1.29 is 0 Å². The van der Waals surface area contributed by atoms with Gasteiger partial charge in [-0.3, -0.25) is 4.98 Å². The topological polar surface area (TPSA) is 50.7 Å². The molecule has 1 aliphatic carbocycles. The molecule has 2 aromatic rings. The van der Waals surface area contributed by atoms with Crippen LogP contribution in [-0.2, 0) is 12.8 Å². The molecule has 0 aliphatic heterocycles. The van der Waals surface area contributed by atoms with Gasteiger partial charge in [-0.05, 0) is 51.7 Å². The van der Waals surface area contributed by atoms with Crippen LogP contribution in [0.3, 0.4) is 0 Å². The third-order valence-electron chi connectivity index (χ3n) is 3.70. The summed E-state index contributed by atoms with van der Waals surface area (Å²) < 4.78 is 0. The van der Waals surface area contributed by atoms with Crippen molar-refractivity contribution in [2.75, 3.05) is 11.9 Å². The lowest BCUT2D eigenvalue weighted by molar-refractivity contribution is 0.664. The third-order valence-corrected chi connectivity index (χ3v) is 3.70. The molecule has 2 heterocycles. The lowest BCUT2D eigenvalue weighted by Crippen LogP contribution is -2.13. The van der Waals surface area contributed by atoms with E-state index in [1.807, 2.05) is 25.3 Å². The zero-order valence-corrected chi connectivity index (χ0v) is 12.1. The maximum Gasteiger partial charge on any atom is 0.163 e. The summed E-state index contributed by atoms with van der Waals surface area (Å²) in [6.45, 7) is 4.97. The number of anilines is 1. The largest absolute Gasteiger partial charge is 0.370 e. The summed E-state index contributed by atoms with van der Waals surface area (Å²) in [5, 5.41) is 3.39. The molecule has 104 valence electrons. The van der Waals surface area contributed by atoms with E-state index in [2.05, 4.69) is 17.2 Å². The van der Waals surface area contributed by atoms with Crippen LogP contribution in [0, 0.1) is 6.92 Å². The smallest absolute Gasteiger partial charge is 0.163 e. The van der Waals surface area contributed by atoms with Crippen LogP contribution in [0.1, 0.15) is 36.7 Å². The van der Waals surface area contributed by atoms with Gasteiger partial charge in [-0.25, -0.2) is 9.97 Å². The van der Waals surface area contributed by atoms with Gasteiger partial charge in [-0.1, -0.05) is 0 Å². The molecule has 0 atom stereocenters. The normalized spacial score (nSPS) is 13.9. The highest BCUT2D eigenvalue weighted by Crippen LogP contribution is 2.28. The lowest BCUT2D eigenvalue weighted by Gasteiger charge is -2.19. The molecular weight excluding hydrogens is 248 g/mol. The van der Waals surface area contributed by atoms with Gasteiger partial charge in [0.25, 0.3) is 0 Å². The summed E-state index contributed by atoms with van der Waals surface area (Å²) in [6.07, 6.45) is 6.46. The van der Waals surface area contributed by atoms with Crippen molar-refractivity contribution in [3.63, 3.8) is 0 Å². The van der Waals surface area contributed by atoms with Crippen molar-refractivity contribution in [2.45, 2.75) is 39.5 Å². The molecular formula is C16H20N4. The number of aromatic nitrogens is 3. The summed E-state index contributed by atoms with van der Waals surface area (Å²) in [5.41, 5.74) is 4.52. The van der Waals surface area contributed by atoms with Crippen LogP contribution in [0.25, 0.3) is 11.4 Å². The average Bonchev–Trinajstić information content (AvgIpc) is 2.48. The molecule has 1 N–H and O–H groups in total. The standard InChI is InChI=1S/C16H20N4/c1-3-17-16-13-6-4-5-7-14(13)19-15(20-16)12-9-8-11(2)18-10-12/h8-10H,3-7H2,1-2H3,(H,17,19,20). The van der Waals surface area contributed by atoms with Gasteiger partial charge < -0.3 is 5.32 Å². The van der Waals surface area contributed by atoms with E-state index >= 15 is 0 Å². The Morgan fingerprint density at radius 2 is 2.00 bits per heavy atom. The zero-order chi connectivity index (χ0) is 13.9. The molecule has 0 unspecified atom stereocenters. The van der Waals surface area contributed by atoms with Gasteiger partial charge in [0, 0.05) is 35.3 Å². The van der Waals surface area contributed by atoms with E-state index in [0.717, 1.165) is 42.3 Å². The molecule has 0 radical (unpaired) electrons. The van der Waals surface area contributed by atoms with Crippen LogP contribution in [0.4, 0.5) is 5.82 Å². The Labute approximate surface area is 119 Å². The Kier molecular flexibility index (Phi) is 3.63. The Hall–Kier alpha value is -1.97. The molecule has 0 aromatic carbocycles.